The molecule has 0 atom stereocenters. The van der Waals surface area contributed by atoms with Gasteiger partial charge in [-0.05, 0) is 70.2 Å². The van der Waals surface area contributed by atoms with E-state index in [9.17, 15) is 0 Å². The Morgan fingerprint density at radius 1 is 0.667 bits per heavy atom. The van der Waals surface area contributed by atoms with Gasteiger partial charge in [-0.2, -0.15) is 0 Å². The van der Waals surface area contributed by atoms with Crippen molar-refractivity contribution in [1.29, 1.82) is 0 Å². The van der Waals surface area contributed by atoms with Crippen LogP contribution >= 0.6 is 0 Å². The van der Waals surface area contributed by atoms with E-state index in [0.717, 1.165) is 55.8 Å². The van der Waals surface area contributed by atoms with Crippen LogP contribution in [0.2, 0.25) is 0 Å². The van der Waals surface area contributed by atoms with E-state index in [1.165, 1.54) is 0 Å². The van der Waals surface area contributed by atoms with E-state index in [1.54, 1.807) is 24.4 Å². The molecular weight excluding hydrogens is 619 g/mol. The van der Waals surface area contributed by atoms with Crippen molar-refractivity contribution in [3.05, 3.63) is 242 Å². The molecule has 51 heavy (non-hydrogen) atoms. The van der Waals surface area contributed by atoms with Crippen LogP contribution in [-0.4, -0.2) is 17.0 Å². The quantitative estimate of drug-likeness (QED) is 0.0710. The first-order valence-corrected chi connectivity index (χ1v) is 16.6. The monoisotopic (exact) mass is 661 g/mol. The minimum Gasteiger partial charge on any atom is -0.256 e. The van der Waals surface area contributed by atoms with Gasteiger partial charge < -0.3 is 0 Å². The molecule has 1 aromatic heterocycles. The zero-order chi connectivity index (χ0) is 36.3. The van der Waals surface area contributed by atoms with E-state index < -0.39 is 0 Å². The van der Waals surface area contributed by atoms with E-state index in [4.69, 9.17) is 9.98 Å². The maximum absolute atomic E-state index is 4.78. The van der Waals surface area contributed by atoms with Gasteiger partial charge in [0.15, 0.2) is 5.84 Å². The molecule has 1 heterocycles. The highest BCUT2D eigenvalue weighted by Crippen LogP contribution is 2.29. The topological polar surface area (TPSA) is 37.6 Å². The normalized spacial score (nSPS) is 13.0. The standard InChI is InChI=1S/C48H43N3/c1-7-19-41(42(20-8-2)32-30-39-22-11-10-12-23-39)26-18-35-50-48(51-38(6)37(4)5)44-25-17-24-40(36-44)31-33-43(21-9-3)45-27-13-14-28-46(45)47-29-15-16-34-49-47/h7-36H,1-4,6H2,5H3/b26-18-,32-30+,33-31+,41-19+,42-20+,43-21+,50-35?,51-48?. The molecule has 3 aromatic carbocycles. The lowest BCUT2D eigenvalue weighted by atomic mass is 9.96. The summed E-state index contributed by atoms with van der Waals surface area (Å²) in [5.41, 5.74) is 10.2. The highest BCUT2D eigenvalue weighted by Gasteiger charge is 2.09. The maximum Gasteiger partial charge on any atom is 0.159 e. The number of benzene rings is 3. The van der Waals surface area contributed by atoms with Crippen molar-refractivity contribution in [2.24, 2.45) is 9.98 Å². The third-order valence-corrected chi connectivity index (χ3v) is 7.55. The molecule has 4 aromatic rings. The van der Waals surface area contributed by atoms with E-state index >= 15 is 0 Å². The summed E-state index contributed by atoms with van der Waals surface area (Å²) in [7, 11) is 0. The summed E-state index contributed by atoms with van der Waals surface area (Å²) in [4.78, 5) is 14.1. The molecule has 0 spiro atoms. The molecule has 250 valence electrons. The molecule has 0 radical (unpaired) electrons. The smallest absolute Gasteiger partial charge is 0.159 e. The summed E-state index contributed by atoms with van der Waals surface area (Å²) in [5.74, 6) is 0.519. The van der Waals surface area contributed by atoms with Gasteiger partial charge in [-0.3, -0.25) is 4.98 Å². The SMILES string of the molecule is C=C/C=C(\C=C/C=NC(=NC(=C)C(=C)C)c1cccc(/C=C/C(=C\C=C)c2ccccc2-c2ccccn2)c1)C(/C=C/c1ccccc1)=C/C=C. The summed E-state index contributed by atoms with van der Waals surface area (Å²) >= 11 is 0. The largest absolute Gasteiger partial charge is 0.256 e. The average Bonchev–Trinajstić information content (AvgIpc) is 3.16. The first kappa shape index (κ1) is 37.1. The number of hydrogen-bond acceptors (Lipinski definition) is 2. The Kier molecular flexibility index (Phi) is 14.5. The summed E-state index contributed by atoms with van der Waals surface area (Å²) in [6.45, 7) is 21.8. The second-order valence-corrected chi connectivity index (χ2v) is 11.3. The van der Waals surface area contributed by atoms with E-state index in [0.29, 0.717) is 11.5 Å². The minimum atomic E-state index is 0.519. The number of hydrogen-bond donors (Lipinski definition) is 0. The molecule has 4 rings (SSSR count). The van der Waals surface area contributed by atoms with Crippen LogP contribution in [-0.2, 0) is 0 Å². The van der Waals surface area contributed by atoms with Gasteiger partial charge in [0.25, 0.3) is 0 Å². The summed E-state index contributed by atoms with van der Waals surface area (Å²) < 4.78 is 0. The van der Waals surface area contributed by atoms with Crippen molar-refractivity contribution in [2.75, 3.05) is 0 Å². The van der Waals surface area contributed by atoms with Crippen molar-refractivity contribution < 1.29 is 0 Å². The predicted octanol–water partition coefficient (Wildman–Crippen LogP) is 12.4. The second kappa shape index (κ2) is 20.0. The molecule has 0 amide bonds. The van der Waals surface area contributed by atoms with Gasteiger partial charge in [0, 0.05) is 23.5 Å². The fourth-order valence-corrected chi connectivity index (χ4v) is 4.96. The Balaban J connectivity index is 1.64. The van der Waals surface area contributed by atoms with Gasteiger partial charge in [-0.15, -0.1) is 0 Å². The van der Waals surface area contributed by atoms with Crippen molar-refractivity contribution in [2.45, 2.75) is 6.92 Å². The van der Waals surface area contributed by atoms with Gasteiger partial charge in [-0.25, -0.2) is 9.98 Å². The Hall–Kier alpha value is -6.71. The van der Waals surface area contributed by atoms with Crippen LogP contribution in [0, 0.1) is 0 Å². The van der Waals surface area contributed by atoms with Crippen LogP contribution in [0.1, 0.15) is 29.2 Å². The average molecular weight is 662 g/mol. The molecule has 0 aliphatic rings. The third-order valence-electron chi connectivity index (χ3n) is 7.55. The zero-order valence-electron chi connectivity index (χ0n) is 29.2. The van der Waals surface area contributed by atoms with Crippen LogP contribution in [0.25, 0.3) is 29.0 Å². The molecular formula is C48H43N3. The minimum absolute atomic E-state index is 0.519. The van der Waals surface area contributed by atoms with Gasteiger partial charge in [0.2, 0.25) is 0 Å². The molecule has 0 aliphatic carbocycles. The lowest BCUT2D eigenvalue weighted by Gasteiger charge is -2.10. The van der Waals surface area contributed by atoms with Gasteiger partial charge in [-0.1, -0.05) is 179 Å². The Morgan fingerprint density at radius 2 is 1.33 bits per heavy atom. The Labute approximate surface area is 303 Å². The summed E-state index contributed by atoms with van der Waals surface area (Å²) in [5, 5.41) is 0. The van der Waals surface area contributed by atoms with Gasteiger partial charge in [0.1, 0.15) is 0 Å². The van der Waals surface area contributed by atoms with Crippen molar-refractivity contribution >= 4 is 29.8 Å². The highest BCUT2D eigenvalue weighted by atomic mass is 14.9. The molecule has 0 N–H and O–H groups in total. The van der Waals surface area contributed by atoms with Gasteiger partial charge >= 0.3 is 0 Å². The van der Waals surface area contributed by atoms with Crippen molar-refractivity contribution in [3.8, 4) is 11.3 Å². The summed E-state index contributed by atoms with van der Waals surface area (Å²) in [6, 6.07) is 32.4. The van der Waals surface area contributed by atoms with Crippen LogP contribution in [0.3, 0.4) is 0 Å². The van der Waals surface area contributed by atoms with E-state index in [1.807, 2.05) is 110 Å². The molecule has 0 saturated carbocycles. The van der Waals surface area contributed by atoms with Crippen LogP contribution in [0.15, 0.2) is 229 Å². The lowest BCUT2D eigenvalue weighted by molar-refractivity contribution is 1.29. The molecule has 0 unspecified atom stereocenters. The first-order valence-electron chi connectivity index (χ1n) is 16.6. The van der Waals surface area contributed by atoms with Crippen LogP contribution < -0.4 is 0 Å². The van der Waals surface area contributed by atoms with Gasteiger partial charge in [0.05, 0.1) is 11.4 Å². The maximum atomic E-state index is 4.78. The zero-order valence-corrected chi connectivity index (χ0v) is 29.2. The fourth-order valence-electron chi connectivity index (χ4n) is 4.96. The lowest BCUT2D eigenvalue weighted by Crippen LogP contribution is -1.99. The number of allylic oxidation sites excluding steroid dienone is 14. The third kappa shape index (κ3) is 11.4. The molecule has 3 heteroatoms. The second-order valence-electron chi connectivity index (χ2n) is 11.3. The molecule has 0 saturated heterocycles. The van der Waals surface area contributed by atoms with Crippen LogP contribution in [0.4, 0.5) is 0 Å². The van der Waals surface area contributed by atoms with E-state index in [2.05, 4.69) is 92.5 Å². The first-order chi connectivity index (χ1) is 24.9. The number of aliphatic imine (C=N–C) groups is 2. The molecule has 0 bridgehead atoms. The van der Waals surface area contributed by atoms with E-state index in [-0.39, 0.29) is 0 Å². The Bertz CT molecular complexity index is 2110. The number of pyridine rings is 1. The highest BCUT2D eigenvalue weighted by molar-refractivity contribution is 6.05. The van der Waals surface area contributed by atoms with Crippen LogP contribution in [0.5, 0.6) is 0 Å². The molecule has 0 aliphatic heterocycles. The molecule has 3 nitrogen and oxygen atoms in total. The number of aromatic nitrogens is 1. The fraction of sp³-hybridized carbons (Fsp3) is 0.0208. The van der Waals surface area contributed by atoms with Crippen molar-refractivity contribution in [3.63, 3.8) is 0 Å². The number of rotatable bonds is 15. The number of nitrogens with zero attached hydrogens (tertiary/aromatic N) is 3. The predicted molar refractivity (Wildman–Crippen MR) is 223 cm³/mol. The Morgan fingerprint density at radius 3 is 2.04 bits per heavy atom. The van der Waals surface area contributed by atoms with Crippen molar-refractivity contribution in [1.82, 2.24) is 4.98 Å². The molecule has 0 fully saturated rings. The number of amidine groups is 1. The summed E-state index contributed by atoms with van der Waals surface area (Å²) in [6.07, 6.45) is 27.0.